The van der Waals surface area contributed by atoms with Gasteiger partial charge in [-0.05, 0) is 36.6 Å². The molecule has 0 atom stereocenters. The zero-order chi connectivity index (χ0) is 10.4. The summed E-state index contributed by atoms with van der Waals surface area (Å²) in [5, 5.41) is 6.95. The van der Waals surface area contributed by atoms with Gasteiger partial charge in [-0.3, -0.25) is 0 Å². The Balaban J connectivity index is 2.90. The van der Waals surface area contributed by atoms with Crippen molar-refractivity contribution in [3.63, 3.8) is 0 Å². The lowest BCUT2D eigenvalue weighted by Crippen LogP contribution is -1.79. The van der Waals surface area contributed by atoms with Crippen LogP contribution < -0.4 is 0 Å². The lowest BCUT2D eigenvalue weighted by molar-refractivity contribution is 1.49. The molecule has 1 aromatic rings. The topological polar surface area (TPSA) is 23.9 Å². The Labute approximate surface area is 85.3 Å². The lowest BCUT2D eigenvalue weighted by atomic mass is 10.1. The van der Waals surface area contributed by atoms with Gasteiger partial charge in [0, 0.05) is 6.21 Å². The van der Waals surface area contributed by atoms with E-state index in [9.17, 15) is 0 Å². The molecule has 14 heavy (non-hydrogen) atoms. The van der Waals surface area contributed by atoms with E-state index >= 15 is 0 Å². The van der Waals surface area contributed by atoms with Crippen molar-refractivity contribution in [2.24, 2.45) is 0 Å². The molecule has 0 amide bonds. The molecule has 0 bridgehead atoms. The van der Waals surface area contributed by atoms with Crippen molar-refractivity contribution in [1.29, 1.82) is 5.41 Å². The van der Waals surface area contributed by atoms with Crippen LogP contribution in [0, 0.1) is 5.41 Å². The number of hydrogen-bond acceptors (Lipinski definition) is 1. The van der Waals surface area contributed by atoms with Crippen LogP contribution in [0.5, 0.6) is 0 Å². The molecule has 0 aromatic heterocycles. The van der Waals surface area contributed by atoms with Gasteiger partial charge in [-0.1, -0.05) is 36.4 Å². The van der Waals surface area contributed by atoms with Gasteiger partial charge in [-0.15, -0.1) is 0 Å². The van der Waals surface area contributed by atoms with Crippen molar-refractivity contribution in [3.8, 4) is 0 Å². The average Bonchev–Trinajstić information content (AvgIpc) is 2.19. The first-order valence-electron chi connectivity index (χ1n) is 4.65. The SMILES string of the molecule is CC(=C/C=N)/C=C(\C)c1ccccc1. The largest absolute Gasteiger partial charge is 0.309 e. The van der Waals surface area contributed by atoms with Gasteiger partial charge in [0.05, 0.1) is 0 Å². The fourth-order valence-corrected chi connectivity index (χ4v) is 1.31. The van der Waals surface area contributed by atoms with Crippen molar-refractivity contribution >= 4 is 11.8 Å². The minimum absolute atomic E-state index is 1.10. The number of allylic oxidation sites excluding steroid dienone is 4. The summed E-state index contributed by atoms with van der Waals surface area (Å²) >= 11 is 0. The molecule has 0 unspecified atom stereocenters. The number of nitrogens with one attached hydrogen (secondary N) is 1. The standard InChI is InChI=1S/C13H15N/c1-11(8-9-14)10-12(2)13-6-4-3-5-7-13/h3-10,14H,1-2H3/b11-8-,12-10+,14-9?. The van der Waals surface area contributed by atoms with E-state index in [-0.39, 0.29) is 0 Å². The average molecular weight is 185 g/mol. The van der Waals surface area contributed by atoms with Crippen LogP contribution in [0.2, 0.25) is 0 Å². The first kappa shape index (κ1) is 10.5. The van der Waals surface area contributed by atoms with E-state index in [1.165, 1.54) is 17.4 Å². The van der Waals surface area contributed by atoms with Crippen LogP contribution >= 0.6 is 0 Å². The third-order valence-corrected chi connectivity index (χ3v) is 2.02. The first-order valence-corrected chi connectivity index (χ1v) is 4.65. The Kier molecular flexibility index (Phi) is 3.86. The monoisotopic (exact) mass is 185 g/mol. The Morgan fingerprint density at radius 2 is 1.79 bits per heavy atom. The van der Waals surface area contributed by atoms with Crippen molar-refractivity contribution in [2.75, 3.05) is 0 Å². The molecule has 0 heterocycles. The summed E-state index contributed by atoms with van der Waals surface area (Å²) in [6.45, 7) is 4.08. The second-order valence-corrected chi connectivity index (χ2v) is 3.27. The predicted octanol–water partition coefficient (Wildman–Crippen LogP) is 3.69. The number of rotatable bonds is 3. The van der Waals surface area contributed by atoms with Gasteiger partial charge < -0.3 is 5.41 Å². The highest BCUT2D eigenvalue weighted by Gasteiger charge is 1.92. The predicted molar refractivity (Wildman–Crippen MR) is 62.6 cm³/mol. The fourth-order valence-electron chi connectivity index (χ4n) is 1.31. The van der Waals surface area contributed by atoms with E-state index in [0.717, 1.165) is 5.57 Å². The third-order valence-electron chi connectivity index (χ3n) is 2.02. The number of benzene rings is 1. The zero-order valence-electron chi connectivity index (χ0n) is 8.62. The Bertz CT molecular complexity index is 358. The highest BCUT2D eigenvalue weighted by molar-refractivity contribution is 5.73. The molecule has 0 radical (unpaired) electrons. The van der Waals surface area contributed by atoms with Crippen molar-refractivity contribution in [2.45, 2.75) is 13.8 Å². The van der Waals surface area contributed by atoms with Gasteiger partial charge in [-0.25, -0.2) is 0 Å². The van der Waals surface area contributed by atoms with Gasteiger partial charge in [0.15, 0.2) is 0 Å². The maximum atomic E-state index is 6.95. The minimum atomic E-state index is 1.10. The van der Waals surface area contributed by atoms with Gasteiger partial charge in [-0.2, -0.15) is 0 Å². The molecule has 0 spiro atoms. The van der Waals surface area contributed by atoms with Crippen LogP contribution in [0.15, 0.2) is 48.1 Å². The molecule has 1 nitrogen and oxygen atoms in total. The molecule has 0 saturated heterocycles. The molecule has 0 aliphatic heterocycles. The number of hydrogen-bond donors (Lipinski definition) is 1. The van der Waals surface area contributed by atoms with E-state index in [1.807, 2.05) is 25.1 Å². The Morgan fingerprint density at radius 1 is 1.14 bits per heavy atom. The van der Waals surface area contributed by atoms with E-state index in [1.54, 1.807) is 6.08 Å². The molecular weight excluding hydrogens is 170 g/mol. The summed E-state index contributed by atoms with van der Waals surface area (Å²) in [6.07, 6.45) is 5.18. The zero-order valence-corrected chi connectivity index (χ0v) is 8.62. The van der Waals surface area contributed by atoms with E-state index in [4.69, 9.17) is 5.41 Å². The second kappa shape index (κ2) is 5.18. The normalized spacial score (nSPS) is 12.7. The molecule has 0 aliphatic carbocycles. The van der Waals surface area contributed by atoms with Crippen LogP contribution in [-0.4, -0.2) is 6.21 Å². The van der Waals surface area contributed by atoms with Crippen LogP contribution in [0.25, 0.3) is 5.57 Å². The summed E-state index contributed by atoms with van der Waals surface area (Å²) in [5.74, 6) is 0. The molecule has 1 heteroatoms. The van der Waals surface area contributed by atoms with Gasteiger partial charge in [0.1, 0.15) is 0 Å². The molecule has 1 N–H and O–H groups in total. The van der Waals surface area contributed by atoms with Crippen LogP contribution in [0.3, 0.4) is 0 Å². The van der Waals surface area contributed by atoms with Crippen molar-refractivity contribution in [1.82, 2.24) is 0 Å². The quantitative estimate of drug-likeness (QED) is 0.548. The van der Waals surface area contributed by atoms with E-state index in [2.05, 4.69) is 25.1 Å². The highest BCUT2D eigenvalue weighted by Crippen LogP contribution is 2.14. The molecular formula is C13H15N. The molecule has 0 saturated carbocycles. The molecule has 0 fully saturated rings. The van der Waals surface area contributed by atoms with Gasteiger partial charge in [0.25, 0.3) is 0 Å². The molecule has 72 valence electrons. The summed E-state index contributed by atoms with van der Waals surface area (Å²) in [5.41, 5.74) is 3.55. The van der Waals surface area contributed by atoms with Gasteiger partial charge in [0.2, 0.25) is 0 Å². The first-order chi connectivity index (χ1) is 6.74. The smallest absolute Gasteiger partial charge is 0.0180 e. The van der Waals surface area contributed by atoms with Crippen LogP contribution in [0.1, 0.15) is 19.4 Å². The fraction of sp³-hybridized carbons (Fsp3) is 0.154. The van der Waals surface area contributed by atoms with Crippen LogP contribution in [0.4, 0.5) is 0 Å². The van der Waals surface area contributed by atoms with Crippen molar-refractivity contribution in [3.05, 3.63) is 53.6 Å². The van der Waals surface area contributed by atoms with Gasteiger partial charge >= 0.3 is 0 Å². The summed E-state index contributed by atoms with van der Waals surface area (Å²) in [4.78, 5) is 0. The van der Waals surface area contributed by atoms with Crippen molar-refractivity contribution < 1.29 is 0 Å². The Morgan fingerprint density at radius 3 is 2.36 bits per heavy atom. The summed E-state index contributed by atoms with van der Waals surface area (Å²) < 4.78 is 0. The summed E-state index contributed by atoms with van der Waals surface area (Å²) in [7, 11) is 0. The van der Waals surface area contributed by atoms with Crippen LogP contribution in [-0.2, 0) is 0 Å². The molecule has 1 rings (SSSR count). The van der Waals surface area contributed by atoms with E-state index < -0.39 is 0 Å². The minimum Gasteiger partial charge on any atom is -0.309 e. The maximum Gasteiger partial charge on any atom is 0.0180 e. The second-order valence-electron chi connectivity index (χ2n) is 3.27. The lowest BCUT2D eigenvalue weighted by Gasteiger charge is -2.00. The maximum absolute atomic E-state index is 6.95. The molecule has 1 aromatic carbocycles. The Hall–Kier alpha value is -1.63. The summed E-state index contributed by atoms with van der Waals surface area (Å²) in [6, 6.07) is 10.2. The molecule has 0 aliphatic rings. The highest BCUT2D eigenvalue weighted by atomic mass is 14.3. The third kappa shape index (κ3) is 3.02. The van der Waals surface area contributed by atoms with E-state index in [0.29, 0.717) is 0 Å².